The molecule has 0 bridgehead atoms. The minimum Gasteiger partial charge on any atom is -0.328 e. The maximum Gasteiger partial charge on any atom is 0.150 e. The van der Waals surface area contributed by atoms with E-state index in [1.807, 2.05) is 6.92 Å². The molecule has 0 aromatic rings. The predicted octanol–water partition coefficient (Wildman–Crippen LogP) is 2.11. The van der Waals surface area contributed by atoms with Crippen LogP contribution in [0, 0.1) is 0 Å². The Kier molecular flexibility index (Phi) is 8.06. The molecule has 0 radical (unpaired) electrons. The van der Waals surface area contributed by atoms with Gasteiger partial charge in [0.2, 0.25) is 0 Å². The summed E-state index contributed by atoms with van der Waals surface area (Å²) >= 11 is 0. The summed E-state index contributed by atoms with van der Waals surface area (Å²) in [6.07, 6.45) is 5.52. The lowest BCUT2D eigenvalue weighted by Crippen LogP contribution is -2.19. The number of nitrogens with two attached hydrogens (primary N) is 1. The van der Waals surface area contributed by atoms with Crippen LogP contribution < -0.4 is 5.73 Å². The number of hydrogen-bond donors (Lipinski definition) is 1. The monoisotopic (exact) mass is 235 g/mol. The summed E-state index contributed by atoms with van der Waals surface area (Å²) in [5.41, 5.74) is 5.84. The molecular weight excluding hydrogens is 210 g/mol. The molecule has 0 aliphatic rings. The largest absolute Gasteiger partial charge is 0.328 e. The van der Waals surface area contributed by atoms with E-state index in [4.69, 9.17) is 5.73 Å². The molecule has 2 N–H and O–H groups in total. The van der Waals surface area contributed by atoms with Gasteiger partial charge in [-0.05, 0) is 25.7 Å². The van der Waals surface area contributed by atoms with Crippen molar-refractivity contribution in [2.45, 2.75) is 58.4 Å². The highest BCUT2D eigenvalue weighted by atomic mass is 32.2. The lowest BCUT2D eigenvalue weighted by Gasteiger charge is -2.09. The Hall–Kier alpha value is -0.0900. The van der Waals surface area contributed by atoms with Gasteiger partial charge in [-0.1, -0.05) is 26.7 Å². The number of rotatable bonds is 9. The van der Waals surface area contributed by atoms with E-state index in [1.54, 1.807) is 0 Å². The molecule has 0 fully saturated rings. The average Bonchev–Trinajstić information content (AvgIpc) is 2.13. The van der Waals surface area contributed by atoms with Crippen molar-refractivity contribution in [3.63, 3.8) is 0 Å². The molecule has 1 unspecified atom stereocenters. The molecule has 1 atom stereocenters. The topological polar surface area (TPSA) is 60.2 Å². The van der Waals surface area contributed by atoms with Crippen molar-refractivity contribution in [2.24, 2.45) is 5.73 Å². The van der Waals surface area contributed by atoms with Crippen molar-refractivity contribution in [1.82, 2.24) is 0 Å². The summed E-state index contributed by atoms with van der Waals surface area (Å²) < 4.78 is 22.7. The van der Waals surface area contributed by atoms with Gasteiger partial charge in [0, 0.05) is 11.8 Å². The quantitative estimate of drug-likeness (QED) is 0.623. The molecule has 0 spiro atoms. The van der Waals surface area contributed by atoms with Crippen LogP contribution in [0.4, 0.5) is 0 Å². The summed E-state index contributed by atoms with van der Waals surface area (Å²) in [5.74, 6) is 0.660. The molecule has 0 aromatic carbocycles. The van der Waals surface area contributed by atoms with Crippen LogP contribution in [0.25, 0.3) is 0 Å². The van der Waals surface area contributed by atoms with E-state index in [2.05, 4.69) is 6.92 Å². The number of hydrogen-bond acceptors (Lipinski definition) is 3. The smallest absolute Gasteiger partial charge is 0.150 e. The summed E-state index contributed by atoms with van der Waals surface area (Å²) in [6.45, 7) is 4.01. The Morgan fingerprint density at radius 1 is 1.00 bits per heavy atom. The van der Waals surface area contributed by atoms with Crippen molar-refractivity contribution in [3.8, 4) is 0 Å². The molecule has 3 nitrogen and oxygen atoms in total. The second-order valence-corrected chi connectivity index (χ2v) is 6.50. The van der Waals surface area contributed by atoms with Crippen molar-refractivity contribution < 1.29 is 8.42 Å². The fourth-order valence-electron chi connectivity index (χ4n) is 1.66. The van der Waals surface area contributed by atoms with Gasteiger partial charge in [-0.3, -0.25) is 0 Å². The Labute approximate surface area is 94.4 Å². The maximum absolute atomic E-state index is 11.4. The zero-order chi connectivity index (χ0) is 11.7. The van der Waals surface area contributed by atoms with Crippen LogP contribution in [0.1, 0.15) is 52.4 Å². The average molecular weight is 235 g/mol. The first-order valence-electron chi connectivity index (χ1n) is 5.97. The van der Waals surface area contributed by atoms with E-state index in [0.29, 0.717) is 11.5 Å². The summed E-state index contributed by atoms with van der Waals surface area (Å²) in [4.78, 5) is 0. The van der Waals surface area contributed by atoms with Crippen LogP contribution in [-0.4, -0.2) is 26.0 Å². The molecule has 92 valence electrons. The van der Waals surface area contributed by atoms with Gasteiger partial charge < -0.3 is 5.73 Å². The zero-order valence-electron chi connectivity index (χ0n) is 10.0. The molecular formula is C11H25NO2S. The highest BCUT2D eigenvalue weighted by Gasteiger charge is 2.09. The molecule has 0 amide bonds. The highest BCUT2D eigenvalue weighted by Crippen LogP contribution is 2.06. The van der Waals surface area contributed by atoms with E-state index in [0.717, 1.165) is 38.5 Å². The first kappa shape index (κ1) is 14.9. The normalized spacial score (nSPS) is 14.1. The summed E-state index contributed by atoms with van der Waals surface area (Å²) in [7, 11) is -2.78. The minimum absolute atomic E-state index is 0.254. The van der Waals surface area contributed by atoms with Crippen molar-refractivity contribution in [3.05, 3.63) is 0 Å². The maximum atomic E-state index is 11.4. The van der Waals surface area contributed by atoms with Gasteiger partial charge >= 0.3 is 0 Å². The Morgan fingerprint density at radius 3 is 2.20 bits per heavy atom. The standard InChI is InChI=1S/C11H25NO2S/c1-3-7-11(12)8-5-6-10-15(13,14)9-4-2/h11H,3-10,12H2,1-2H3. The van der Waals surface area contributed by atoms with E-state index in [1.165, 1.54) is 0 Å². The molecule has 4 heteroatoms. The third-order valence-electron chi connectivity index (χ3n) is 2.45. The number of unbranched alkanes of at least 4 members (excludes halogenated alkanes) is 1. The zero-order valence-corrected chi connectivity index (χ0v) is 10.9. The van der Waals surface area contributed by atoms with Crippen LogP contribution in [-0.2, 0) is 9.84 Å². The van der Waals surface area contributed by atoms with Crippen LogP contribution in [0.3, 0.4) is 0 Å². The molecule has 0 heterocycles. The van der Waals surface area contributed by atoms with Gasteiger partial charge in [-0.2, -0.15) is 0 Å². The number of sulfone groups is 1. The molecule has 0 aromatic heterocycles. The third kappa shape index (κ3) is 8.88. The molecule has 0 rings (SSSR count). The SMILES string of the molecule is CCCC(N)CCCCS(=O)(=O)CCC. The second-order valence-electron chi connectivity index (χ2n) is 4.20. The van der Waals surface area contributed by atoms with Gasteiger partial charge in [0.15, 0.2) is 0 Å². The van der Waals surface area contributed by atoms with Crippen molar-refractivity contribution in [2.75, 3.05) is 11.5 Å². The highest BCUT2D eigenvalue weighted by molar-refractivity contribution is 7.91. The molecule has 15 heavy (non-hydrogen) atoms. The second kappa shape index (κ2) is 8.11. The lowest BCUT2D eigenvalue weighted by molar-refractivity contribution is 0.531. The van der Waals surface area contributed by atoms with Crippen molar-refractivity contribution in [1.29, 1.82) is 0 Å². The third-order valence-corrected chi connectivity index (χ3v) is 4.40. The fourth-order valence-corrected chi connectivity index (χ4v) is 3.13. The van der Waals surface area contributed by atoms with E-state index in [-0.39, 0.29) is 6.04 Å². The Morgan fingerprint density at radius 2 is 1.67 bits per heavy atom. The van der Waals surface area contributed by atoms with Gasteiger partial charge in [-0.25, -0.2) is 8.42 Å². The van der Waals surface area contributed by atoms with Gasteiger partial charge in [-0.15, -0.1) is 0 Å². The summed E-state index contributed by atoms with van der Waals surface area (Å²) in [6, 6.07) is 0.254. The van der Waals surface area contributed by atoms with Crippen LogP contribution in [0.5, 0.6) is 0 Å². The lowest BCUT2D eigenvalue weighted by atomic mass is 10.1. The minimum atomic E-state index is -2.78. The van der Waals surface area contributed by atoms with Gasteiger partial charge in [0.1, 0.15) is 9.84 Å². The molecule has 0 saturated heterocycles. The van der Waals surface area contributed by atoms with Crippen LogP contribution >= 0.6 is 0 Å². The summed E-state index contributed by atoms with van der Waals surface area (Å²) in [5, 5.41) is 0. The van der Waals surface area contributed by atoms with Crippen molar-refractivity contribution >= 4 is 9.84 Å². The Bertz CT molecular complexity index is 237. The van der Waals surface area contributed by atoms with Crippen LogP contribution in [0.2, 0.25) is 0 Å². The Balaban J connectivity index is 3.54. The van der Waals surface area contributed by atoms with Gasteiger partial charge in [0.05, 0.1) is 5.75 Å². The molecule has 0 aliphatic carbocycles. The molecule has 0 aliphatic heterocycles. The van der Waals surface area contributed by atoms with E-state index >= 15 is 0 Å². The predicted molar refractivity (Wildman–Crippen MR) is 65.7 cm³/mol. The first-order valence-corrected chi connectivity index (χ1v) is 7.80. The van der Waals surface area contributed by atoms with E-state index in [9.17, 15) is 8.42 Å². The first-order chi connectivity index (χ1) is 7.02. The fraction of sp³-hybridized carbons (Fsp3) is 1.00. The van der Waals surface area contributed by atoms with E-state index < -0.39 is 9.84 Å². The van der Waals surface area contributed by atoms with Crippen LogP contribution in [0.15, 0.2) is 0 Å². The molecule has 0 saturated carbocycles. The van der Waals surface area contributed by atoms with Gasteiger partial charge in [0.25, 0.3) is 0 Å².